The standard InChI is InChI=1S/C17H23ClN2O.ClH/c1-13-12-14(2-3-15(13)18)16(21)20-10-6-17(7-11-20)4-8-19-9-5-17;/h2-3,12,19H,4-11H2,1H3;1H. The first-order valence-corrected chi connectivity index (χ1v) is 8.24. The van der Waals surface area contributed by atoms with E-state index in [4.69, 9.17) is 11.6 Å². The van der Waals surface area contributed by atoms with Gasteiger partial charge in [0.2, 0.25) is 0 Å². The lowest BCUT2D eigenvalue weighted by Crippen LogP contribution is -2.47. The van der Waals surface area contributed by atoms with Crippen molar-refractivity contribution in [3.8, 4) is 0 Å². The maximum absolute atomic E-state index is 12.6. The number of halogens is 2. The molecule has 3 nitrogen and oxygen atoms in total. The van der Waals surface area contributed by atoms with Crippen molar-refractivity contribution < 1.29 is 4.79 Å². The number of hydrogen-bond donors (Lipinski definition) is 1. The van der Waals surface area contributed by atoms with Gasteiger partial charge in [-0.1, -0.05) is 11.6 Å². The third-order valence-corrected chi connectivity index (χ3v) is 5.60. The van der Waals surface area contributed by atoms with Gasteiger partial charge in [-0.25, -0.2) is 0 Å². The molecule has 0 aromatic heterocycles. The Morgan fingerprint density at radius 1 is 1.18 bits per heavy atom. The predicted octanol–water partition coefficient (Wildman–Crippen LogP) is 3.68. The van der Waals surface area contributed by atoms with Gasteiger partial charge >= 0.3 is 0 Å². The van der Waals surface area contributed by atoms with Gasteiger partial charge in [0.15, 0.2) is 0 Å². The SMILES string of the molecule is Cc1cc(C(=O)N2CCC3(CCNCC3)CC2)ccc1Cl.Cl. The molecule has 122 valence electrons. The second kappa shape index (κ2) is 7.20. The van der Waals surface area contributed by atoms with Crippen molar-refractivity contribution in [1.29, 1.82) is 0 Å². The van der Waals surface area contributed by atoms with E-state index in [9.17, 15) is 4.79 Å². The number of amides is 1. The van der Waals surface area contributed by atoms with Crippen LogP contribution in [0, 0.1) is 12.3 Å². The molecule has 2 fully saturated rings. The third-order valence-electron chi connectivity index (χ3n) is 5.18. The Morgan fingerprint density at radius 2 is 1.82 bits per heavy atom. The van der Waals surface area contributed by atoms with E-state index in [0.717, 1.165) is 55.2 Å². The van der Waals surface area contributed by atoms with Crippen molar-refractivity contribution in [2.24, 2.45) is 5.41 Å². The van der Waals surface area contributed by atoms with Gasteiger partial charge in [-0.15, -0.1) is 12.4 Å². The summed E-state index contributed by atoms with van der Waals surface area (Å²) in [7, 11) is 0. The number of carbonyl (C=O) groups excluding carboxylic acids is 1. The zero-order chi connectivity index (χ0) is 14.9. The summed E-state index contributed by atoms with van der Waals surface area (Å²) >= 11 is 6.04. The van der Waals surface area contributed by atoms with Crippen LogP contribution in [0.15, 0.2) is 18.2 Å². The number of piperidine rings is 2. The first-order valence-electron chi connectivity index (χ1n) is 7.86. The zero-order valence-electron chi connectivity index (χ0n) is 13.0. The Labute approximate surface area is 143 Å². The summed E-state index contributed by atoms with van der Waals surface area (Å²) < 4.78 is 0. The molecule has 0 saturated carbocycles. The van der Waals surface area contributed by atoms with Gasteiger partial charge < -0.3 is 10.2 Å². The van der Waals surface area contributed by atoms with Gasteiger partial charge in [0.1, 0.15) is 0 Å². The Kier molecular flexibility index (Phi) is 5.76. The van der Waals surface area contributed by atoms with Gasteiger partial charge in [-0.3, -0.25) is 4.79 Å². The van der Waals surface area contributed by atoms with E-state index in [1.165, 1.54) is 12.8 Å². The van der Waals surface area contributed by atoms with Gasteiger partial charge in [-0.05, 0) is 74.9 Å². The van der Waals surface area contributed by atoms with Crippen molar-refractivity contribution >= 4 is 29.9 Å². The number of rotatable bonds is 1. The van der Waals surface area contributed by atoms with E-state index < -0.39 is 0 Å². The van der Waals surface area contributed by atoms with E-state index >= 15 is 0 Å². The molecule has 1 aromatic rings. The maximum atomic E-state index is 12.6. The van der Waals surface area contributed by atoms with Crippen LogP contribution in [0.1, 0.15) is 41.6 Å². The molecule has 0 unspecified atom stereocenters. The minimum Gasteiger partial charge on any atom is -0.339 e. The summed E-state index contributed by atoms with van der Waals surface area (Å²) in [5, 5.41) is 4.16. The summed E-state index contributed by atoms with van der Waals surface area (Å²) in [5.41, 5.74) is 2.21. The molecular weight excluding hydrogens is 319 g/mol. The number of carbonyl (C=O) groups is 1. The molecule has 1 amide bonds. The number of aryl methyl sites for hydroxylation is 1. The Bertz CT molecular complexity index is 531. The van der Waals surface area contributed by atoms with Crippen LogP contribution < -0.4 is 5.32 Å². The van der Waals surface area contributed by atoms with Crippen molar-refractivity contribution in [3.05, 3.63) is 34.3 Å². The van der Waals surface area contributed by atoms with Crippen molar-refractivity contribution in [1.82, 2.24) is 10.2 Å². The molecule has 0 bridgehead atoms. The van der Waals surface area contributed by atoms with Crippen LogP contribution in [-0.4, -0.2) is 37.0 Å². The smallest absolute Gasteiger partial charge is 0.253 e. The number of nitrogens with one attached hydrogen (secondary N) is 1. The summed E-state index contributed by atoms with van der Waals surface area (Å²) in [5.74, 6) is 0.151. The third kappa shape index (κ3) is 3.58. The van der Waals surface area contributed by atoms with Crippen LogP contribution >= 0.6 is 24.0 Å². The quantitative estimate of drug-likeness (QED) is 0.844. The van der Waals surface area contributed by atoms with Gasteiger partial charge in [-0.2, -0.15) is 0 Å². The van der Waals surface area contributed by atoms with Crippen LogP contribution in [0.2, 0.25) is 5.02 Å². The van der Waals surface area contributed by atoms with Crippen molar-refractivity contribution in [3.63, 3.8) is 0 Å². The first-order chi connectivity index (χ1) is 10.1. The summed E-state index contributed by atoms with van der Waals surface area (Å²) in [6.07, 6.45) is 4.81. The van der Waals surface area contributed by atoms with Crippen LogP contribution in [0.25, 0.3) is 0 Å². The molecule has 2 saturated heterocycles. The normalized spacial score (nSPS) is 20.5. The van der Waals surface area contributed by atoms with Crippen LogP contribution in [0.5, 0.6) is 0 Å². The zero-order valence-corrected chi connectivity index (χ0v) is 14.6. The minimum absolute atomic E-state index is 0. The van der Waals surface area contributed by atoms with Gasteiger partial charge in [0, 0.05) is 23.7 Å². The number of likely N-dealkylation sites (tertiary alicyclic amines) is 1. The average molecular weight is 343 g/mol. The molecule has 2 aliphatic heterocycles. The number of hydrogen-bond acceptors (Lipinski definition) is 2. The minimum atomic E-state index is 0. The first kappa shape index (κ1) is 17.6. The summed E-state index contributed by atoms with van der Waals surface area (Å²) in [6, 6.07) is 5.56. The largest absolute Gasteiger partial charge is 0.339 e. The average Bonchev–Trinajstić information content (AvgIpc) is 2.51. The molecule has 0 radical (unpaired) electrons. The van der Waals surface area contributed by atoms with Crippen molar-refractivity contribution in [2.45, 2.75) is 32.6 Å². The Morgan fingerprint density at radius 3 is 2.41 bits per heavy atom. The van der Waals surface area contributed by atoms with Gasteiger partial charge in [0.25, 0.3) is 5.91 Å². The van der Waals surface area contributed by atoms with E-state index in [2.05, 4.69) is 5.32 Å². The molecule has 22 heavy (non-hydrogen) atoms. The van der Waals surface area contributed by atoms with E-state index in [1.54, 1.807) is 0 Å². The molecular formula is C17H24Cl2N2O. The lowest BCUT2D eigenvalue weighted by atomic mass is 9.71. The topological polar surface area (TPSA) is 32.3 Å². The fourth-order valence-corrected chi connectivity index (χ4v) is 3.72. The predicted molar refractivity (Wildman–Crippen MR) is 93.1 cm³/mol. The number of nitrogens with zero attached hydrogens (tertiary/aromatic N) is 1. The Balaban J connectivity index is 0.00000176. The monoisotopic (exact) mass is 342 g/mol. The molecule has 1 spiro atoms. The fraction of sp³-hybridized carbons (Fsp3) is 0.588. The summed E-state index contributed by atoms with van der Waals surface area (Å²) in [4.78, 5) is 14.6. The Hall–Kier alpha value is -0.770. The molecule has 2 aliphatic rings. The number of benzene rings is 1. The summed E-state index contributed by atoms with van der Waals surface area (Å²) in [6.45, 7) is 5.98. The molecule has 5 heteroatoms. The van der Waals surface area contributed by atoms with Gasteiger partial charge in [0.05, 0.1) is 0 Å². The molecule has 0 atom stereocenters. The molecule has 1 aromatic carbocycles. The van der Waals surface area contributed by atoms with E-state index in [0.29, 0.717) is 5.41 Å². The highest BCUT2D eigenvalue weighted by Gasteiger charge is 2.36. The lowest BCUT2D eigenvalue weighted by Gasteiger charge is -2.44. The van der Waals surface area contributed by atoms with Crippen LogP contribution in [-0.2, 0) is 0 Å². The van der Waals surface area contributed by atoms with Crippen molar-refractivity contribution in [2.75, 3.05) is 26.2 Å². The lowest BCUT2D eigenvalue weighted by molar-refractivity contribution is 0.0495. The molecule has 0 aliphatic carbocycles. The molecule has 3 rings (SSSR count). The highest BCUT2D eigenvalue weighted by molar-refractivity contribution is 6.31. The maximum Gasteiger partial charge on any atom is 0.253 e. The van der Waals surface area contributed by atoms with Crippen LogP contribution in [0.3, 0.4) is 0 Å². The van der Waals surface area contributed by atoms with Crippen LogP contribution in [0.4, 0.5) is 0 Å². The molecule has 2 heterocycles. The molecule has 1 N–H and O–H groups in total. The second-order valence-electron chi connectivity index (χ2n) is 6.51. The second-order valence-corrected chi connectivity index (χ2v) is 6.91. The van der Waals surface area contributed by atoms with E-state index in [1.807, 2.05) is 30.0 Å². The fourth-order valence-electron chi connectivity index (χ4n) is 3.60. The van der Waals surface area contributed by atoms with E-state index in [-0.39, 0.29) is 18.3 Å². The highest BCUT2D eigenvalue weighted by Crippen LogP contribution is 2.39. The highest BCUT2D eigenvalue weighted by atomic mass is 35.5.